The second-order valence-corrected chi connectivity index (χ2v) is 5.51. The molecule has 17 heavy (non-hydrogen) atoms. The smallest absolute Gasteiger partial charge is 0.850 e. The molecule has 0 fully saturated rings. The van der Waals surface area contributed by atoms with Crippen LogP contribution in [0.4, 0.5) is 0 Å². The molecule has 0 aromatic heterocycles. The summed E-state index contributed by atoms with van der Waals surface area (Å²) in [7, 11) is 0. The molecular weight excluding hydrogens is 264 g/mol. The minimum atomic E-state index is -0.750. The normalized spacial score (nSPS) is 14.9. The molecular formula is C13H25CuN2O. The zero-order valence-electron chi connectivity index (χ0n) is 11.9. The first kappa shape index (κ1) is 19.2. The van der Waals surface area contributed by atoms with Gasteiger partial charge in [0.05, 0.1) is 0 Å². The molecule has 3 nitrogen and oxygen atoms in total. The third kappa shape index (κ3) is 10.7. The summed E-state index contributed by atoms with van der Waals surface area (Å²) >= 11 is 0. The molecule has 0 atom stereocenters. The average Bonchev–Trinajstić information content (AvgIpc) is 2.47. The van der Waals surface area contributed by atoms with E-state index in [9.17, 15) is 5.11 Å². The Hall–Kier alpha value is -0.181. The maximum Gasteiger partial charge on any atom is 1.00 e. The molecule has 1 aliphatic rings. The van der Waals surface area contributed by atoms with Gasteiger partial charge in [-0.05, 0) is 27.7 Å². The predicted octanol–water partition coefficient (Wildman–Crippen LogP) is 2.03. The first-order chi connectivity index (χ1) is 7.11. The summed E-state index contributed by atoms with van der Waals surface area (Å²) in [6.45, 7) is 16.8. The fourth-order valence-electron chi connectivity index (χ4n) is 0.919. The number of hydrogen-bond acceptors (Lipinski definition) is 3. The molecule has 0 aromatic carbocycles. The van der Waals surface area contributed by atoms with E-state index in [4.69, 9.17) is 0 Å². The Bertz CT molecular complexity index is 200. The quantitative estimate of drug-likeness (QED) is 0.728. The van der Waals surface area contributed by atoms with Crippen LogP contribution in [0.15, 0.2) is 12.4 Å². The molecule has 0 aromatic rings. The van der Waals surface area contributed by atoms with E-state index in [1.807, 2.05) is 0 Å². The van der Waals surface area contributed by atoms with Crippen molar-refractivity contribution >= 4 is 0 Å². The van der Waals surface area contributed by atoms with Crippen molar-refractivity contribution in [2.24, 2.45) is 0 Å². The molecule has 0 spiro atoms. The molecule has 1 rings (SSSR count). The van der Waals surface area contributed by atoms with Crippen molar-refractivity contribution in [2.75, 3.05) is 0 Å². The summed E-state index contributed by atoms with van der Waals surface area (Å²) in [4.78, 5) is 4.17. The molecule has 0 amide bonds. The number of hydrogen-bond donors (Lipinski definition) is 0. The first-order valence-corrected chi connectivity index (χ1v) is 5.83. The minimum absolute atomic E-state index is 0. The van der Waals surface area contributed by atoms with Crippen LogP contribution in [0.1, 0.15) is 48.5 Å². The Balaban J connectivity index is 0. The Labute approximate surface area is 117 Å². The molecule has 104 valence electrons. The maximum absolute atomic E-state index is 10.1. The van der Waals surface area contributed by atoms with Crippen LogP contribution >= 0.6 is 0 Å². The third-order valence-corrected chi connectivity index (χ3v) is 1.73. The molecule has 0 bridgehead atoms. The van der Waals surface area contributed by atoms with Gasteiger partial charge in [0.2, 0.25) is 6.67 Å². The van der Waals surface area contributed by atoms with Crippen LogP contribution < -0.4 is 5.11 Å². The van der Waals surface area contributed by atoms with E-state index in [0.29, 0.717) is 12.1 Å². The van der Waals surface area contributed by atoms with Gasteiger partial charge in [0.25, 0.3) is 0 Å². The van der Waals surface area contributed by atoms with Crippen LogP contribution in [-0.4, -0.2) is 27.5 Å². The molecule has 1 aliphatic heterocycles. The van der Waals surface area contributed by atoms with Crippen LogP contribution in [0, 0.1) is 6.67 Å². The van der Waals surface area contributed by atoms with Crippen LogP contribution in [0.25, 0.3) is 0 Å². The van der Waals surface area contributed by atoms with E-state index in [1.165, 1.54) is 0 Å². The predicted molar refractivity (Wildman–Crippen MR) is 66.1 cm³/mol. The van der Waals surface area contributed by atoms with Crippen molar-refractivity contribution < 1.29 is 22.2 Å². The van der Waals surface area contributed by atoms with Crippen molar-refractivity contribution in [3.05, 3.63) is 19.1 Å². The van der Waals surface area contributed by atoms with Gasteiger partial charge in [0.1, 0.15) is 0 Å². The SMILES string of the molecule is CC(C)(C)[O-].CC(C)N1[C]N(C(C)C)C=C1.[Cu+]. The van der Waals surface area contributed by atoms with Crippen molar-refractivity contribution in [3.63, 3.8) is 0 Å². The fraction of sp³-hybridized carbons (Fsp3) is 0.769. The third-order valence-electron chi connectivity index (χ3n) is 1.73. The molecule has 0 unspecified atom stereocenters. The molecule has 2 radical (unpaired) electrons. The van der Waals surface area contributed by atoms with Crippen molar-refractivity contribution in [2.45, 2.75) is 66.2 Å². The average molecular weight is 289 g/mol. The van der Waals surface area contributed by atoms with E-state index >= 15 is 0 Å². The van der Waals surface area contributed by atoms with Crippen molar-refractivity contribution in [1.82, 2.24) is 9.80 Å². The standard InChI is InChI=1S/C9H16N2.C4H9O.Cu/c1-8(2)10-5-6-11(7-10)9(3)4;1-4(2,3)5;/h5-6,8-9H,1-4H3;1-3H3;/q;-1;+1. The second-order valence-electron chi connectivity index (χ2n) is 5.51. The van der Waals surface area contributed by atoms with E-state index in [1.54, 1.807) is 20.8 Å². The molecule has 0 aliphatic carbocycles. The van der Waals surface area contributed by atoms with Crippen LogP contribution in [0.5, 0.6) is 0 Å². The fourth-order valence-corrected chi connectivity index (χ4v) is 0.919. The van der Waals surface area contributed by atoms with Crippen molar-refractivity contribution in [3.8, 4) is 0 Å². The van der Waals surface area contributed by atoms with Crippen LogP contribution in [-0.2, 0) is 17.1 Å². The topological polar surface area (TPSA) is 29.5 Å². The summed E-state index contributed by atoms with van der Waals surface area (Å²) in [5, 5.41) is 10.1. The van der Waals surface area contributed by atoms with Gasteiger partial charge in [-0.25, -0.2) is 0 Å². The van der Waals surface area contributed by atoms with Crippen LogP contribution in [0.2, 0.25) is 0 Å². The zero-order chi connectivity index (χ0) is 12.9. The van der Waals surface area contributed by atoms with Gasteiger partial charge < -0.3 is 14.9 Å². The summed E-state index contributed by atoms with van der Waals surface area (Å²) in [5.41, 5.74) is -0.750. The van der Waals surface area contributed by atoms with Gasteiger partial charge in [-0.1, -0.05) is 20.8 Å². The van der Waals surface area contributed by atoms with Gasteiger partial charge >= 0.3 is 17.1 Å². The monoisotopic (exact) mass is 288 g/mol. The summed E-state index contributed by atoms with van der Waals surface area (Å²) < 4.78 is 0. The van der Waals surface area contributed by atoms with Gasteiger partial charge in [-0.2, -0.15) is 0 Å². The number of nitrogens with zero attached hydrogens (tertiary/aromatic N) is 2. The first-order valence-electron chi connectivity index (χ1n) is 5.83. The van der Waals surface area contributed by atoms with Gasteiger partial charge in [-0.3, -0.25) is 0 Å². The minimum Gasteiger partial charge on any atom is -0.850 e. The molecule has 1 heterocycles. The Morgan fingerprint density at radius 1 is 0.941 bits per heavy atom. The Morgan fingerprint density at radius 2 is 1.18 bits per heavy atom. The maximum atomic E-state index is 10.1. The Morgan fingerprint density at radius 3 is 1.29 bits per heavy atom. The van der Waals surface area contributed by atoms with E-state index in [0.717, 1.165) is 0 Å². The van der Waals surface area contributed by atoms with E-state index in [2.05, 4.69) is 56.6 Å². The molecule has 0 saturated carbocycles. The van der Waals surface area contributed by atoms with Gasteiger partial charge in [0.15, 0.2) is 0 Å². The van der Waals surface area contributed by atoms with Gasteiger partial charge in [-0.15, -0.1) is 5.60 Å². The van der Waals surface area contributed by atoms with E-state index < -0.39 is 5.60 Å². The largest absolute Gasteiger partial charge is 1.00 e. The van der Waals surface area contributed by atoms with Gasteiger partial charge in [0, 0.05) is 24.5 Å². The molecule has 4 heteroatoms. The van der Waals surface area contributed by atoms with Crippen LogP contribution in [0.3, 0.4) is 0 Å². The Kier molecular flexibility index (Phi) is 9.04. The zero-order valence-corrected chi connectivity index (χ0v) is 12.9. The molecule has 0 saturated heterocycles. The van der Waals surface area contributed by atoms with E-state index in [-0.39, 0.29) is 17.1 Å². The number of rotatable bonds is 2. The summed E-state index contributed by atoms with van der Waals surface area (Å²) in [5.74, 6) is 0. The molecule has 0 N–H and O–H groups in total. The van der Waals surface area contributed by atoms with Crippen molar-refractivity contribution in [1.29, 1.82) is 0 Å². The summed E-state index contributed by atoms with van der Waals surface area (Å²) in [6.07, 6.45) is 4.12. The summed E-state index contributed by atoms with van der Waals surface area (Å²) in [6, 6.07) is 1.02. The second kappa shape index (κ2) is 8.02.